The number of primary amides is 1. The summed E-state index contributed by atoms with van der Waals surface area (Å²) in [6, 6.07) is -1.25. The number of carboxylic acid groups (broad SMARTS) is 1. The number of nitrogens with two attached hydrogens (primary N) is 1. The van der Waals surface area contributed by atoms with Crippen LogP contribution in [-0.2, 0) is 14.4 Å². The zero-order chi connectivity index (χ0) is 14.5. The maximum Gasteiger partial charge on any atom is 0.326 e. The molecule has 2 atom stereocenters. The van der Waals surface area contributed by atoms with Crippen molar-refractivity contribution in [3.8, 4) is 0 Å². The van der Waals surface area contributed by atoms with Crippen molar-refractivity contribution in [3.05, 3.63) is 0 Å². The number of hydrogen-bond donors (Lipinski definition) is 3. The summed E-state index contributed by atoms with van der Waals surface area (Å²) in [7, 11) is 0. The van der Waals surface area contributed by atoms with Crippen molar-refractivity contribution in [1.82, 2.24) is 5.32 Å². The van der Waals surface area contributed by atoms with E-state index in [2.05, 4.69) is 5.32 Å². The van der Waals surface area contributed by atoms with Crippen molar-refractivity contribution in [1.29, 1.82) is 0 Å². The molecule has 0 spiro atoms. The lowest BCUT2D eigenvalue weighted by Gasteiger charge is -2.27. The largest absolute Gasteiger partial charge is 0.480 e. The molecule has 0 aromatic heterocycles. The molecule has 0 aliphatic rings. The first-order chi connectivity index (χ1) is 8.04. The second kappa shape index (κ2) is 6.37. The average Bonchev–Trinajstić information content (AvgIpc) is 2.13. The topological polar surface area (TPSA) is 109 Å². The van der Waals surface area contributed by atoms with Crippen molar-refractivity contribution >= 4 is 17.8 Å². The van der Waals surface area contributed by atoms with Gasteiger partial charge in [-0.15, -0.1) is 0 Å². The van der Waals surface area contributed by atoms with E-state index < -0.39 is 24.3 Å². The van der Waals surface area contributed by atoms with E-state index >= 15 is 0 Å². The van der Waals surface area contributed by atoms with Crippen LogP contribution in [-0.4, -0.2) is 28.9 Å². The molecule has 0 aromatic carbocycles. The van der Waals surface area contributed by atoms with Gasteiger partial charge in [-0.25, -0.2) is 4.79 Å². The summed E-state index contributed by atoms with van der Waals surface area (Å²) in [5.41, 5.74) is 4.88. The summed E-state index contributed by atoms with van der Waals surface area (Å²) < 4.78 is 0. The van der Waals surface area contributed by atoms with Gasteiger partial charge in [0.1, 0.15) is 6.04 Å². The number of rotatable bonds is 6. The van der Waals surface area contributed by atoms with Crippen LogP contribution in [0, 0.1) is 11.3 Å². The molecule has 0 heterocycles. The van der Waals surface area contributed by atoms with Gasteiger partial charge in [-0.05, 0) is 11.3 Å². The average molecular weight is 258 g/mol. The first-order valence-corrected chi connectivity index (χ1v) is 5.84. The number of amides is 2. The molecule has 4 N–H and O–H groups in total. The van der Waals surface area contributed by atoms with Crippen LogP contribution in [0.5, 0.6) is 0 Å². The highest BCUT2D eigenvalue weighted by Crippen LogP contribution is 2.27. The fourth-order valence-electron chi connectivity index (χ4n) is 1.24. The Balaban J connectivity index is 4.44. The number of hydrogen-bond acceptors (Lipinski definition) is 3. The second-order valence-electron chi connectivity index (χ2n) is 5.60. The number of carboxylic acids is 1. The smallest absolute Gasteiger partial charge is 0.326 e. The van der Waals surface area contributed by atoms with Crippen LogP contribution in [0.2, 0.25) is 0 Å². The molecule has 0 rings (SSSR count). The monoisotopic (exact) mass is 258 g/mol. The normalized spacial score (nSPS) is 14.7. The summed E-state index contributed by atoms with van der Waals surface area (Å²) in [6.07, 6.45) is -0.184. The van der Waals surface area contributed by atoms with Crippen LogP contribution in [0.4, 0.5) is 0 Å². The van der Waals surface area contributed by atoms with Crippen molar-refractivity contribution in [2.24, 2.45) is 17.1 Å². The molecule has 2 amide bonds. The summed E-state index contributed by atoms with van der Waals surface area (Å²) in [5.74, 6) is -2.30. The molecular formula is C12H22N2O4. The first-order valence-electron chi connectivity index (χ1n) is 5.84. The summed E-state index contributed by atoms with van der Waals surface area (Å²) in [5, 5.41) is 11.2. The van der Waals surface area contributed by atoms with Gasteiger partial charge >= 0.3 is 5.97 Å². The maximum absolute atomic E-state index is 11.7. The third kappa shape index (κ3) is 6.22. The van der Waals surface area contributed by atoms with Gasteiger partial charge in [-0.2, -0.15) is 0 Å². The Hall–Kier alpha value is -1.59. The molecule has 18 heavy (non-hydrogen) atoms. The molecule has 0 saturated heterocycles. The minimum absolute atomic E-state index is 0.0419. The van der Waals surface area contributed by atoms with E-state index in [0.717, 1.165) is 0 Å². The quantitative estimate of drug-likeness (QED) is 0.644. The van der Waals surface area contributed by atoms with Crippen LogP contribution in [0.1, 0.15) is 40.5 Å². The second-order valence-corrected chi connectivity index (χ2v) is 5.60. The van der Waals surface area contributed by atoms with Crippen LogP contribution < -0.4 is 11.1 Å². The van der Waals surface area contributed by atoms with Gasteiger partial charge in [0, 0.05) is 6.42 Å². The third-order valence-electron chi connectivity index (χ3n) is 3.01. The highest BCUT2D eigenvalue weighted by molar-refractivity contribution is 5.88. The van der Waals surface area contributed by atoms with Gasteiger partial charge in [-0.1, -0.05) is 27.7 Å². The lowest BCUT2D eigenvalue weighted by atomic mass is 9.80. The van der Waals surface area contributed by atoms with Crippen LogP contribution in [0.15, 0.2) is 0 Å². The highest BCUT2D eigenvalue weighted by Gasteiger charge is 2.26. The zero-order valence-electron chi connectivity index (χ0n) is 11.3. The van der Waals surface area contributed by atoms with Crippen LogP contribution >= 0.6 is 0 Å². The molecule has 0 saturated carbocycles. The maximum atomic E-state index is 11.7. The number of carbonyl (C=O) groups is 3. The number of carbonyl (C=O) groups excluding carboxylic acids is 2. The Morgan fingerprint density at radius 1 is 1.22 bits per heavy atom. The minimum atomic E-state index is -1.26. The van der Waals surface area contributed by atoms with E-state index in [4.69, 9.17) is 10.8 Å². The van der Waals surface area contributed by atoms with Gasteiger partial charge in [0.15, 0.2) is 0 Å². The van der Waals surface area contributed by atoms with Crippen LogP contribution in [0.25, 0.3) is 0 Å². The van der Waals surface area contributed by atoms with Crippen molar-refractivity contribution in [3.63, 3.8) is 0 Å². The molecule has 1 unspecified atom stereocenters. The fourth-order valence-corrected chi connectivity index (χ4v) is 1.24. The minimum Gasteiger partial charge on any atom is -0.480 e. The van der Waals surface area contributed by atoms with Crippen molar-refractivity contribution in [2.75, 3.05) is 0 Å². The van der Waals surface area contributed by atoms with Gasteiger partial charge < -0.3 is 16.2 Å². The van der Waals surface area contributed by atoms with E-state index in [0.29, 0.717) is 0 Å². The van der Waals surface area contributed by atoms with Gasteiger partial charge in [-0.3, -0.25) is 9.59 Å². The standard InChI is InChI=1S/C12H22N2O4/c1-7(12(2,3)4)5-10(16)14-8(11(17)18)6-9(13)15/h7-8H,5-6H2,1-4H3,(H2,13,15)(H,14,16)(H,17,18)/t7?,8-/m1/s1. The molecule has 0 fully saturated rings. The summed E-state index contributed by atoms with van der Waals surface area (Å²) in [6.45, 7) is 7.93. The molecule has 6 heteroatoms. The van der Waals surface area contributed by atoms with Crippen LogP contribution in [0.3, 0.4) is 0 Å². The van der Waals surface area contributed by atoms with Gasteiger partial charge in [0.25, 0.3) is 0 Å². The highest BCUT2D eigenvalue weighted by atomic mass is 16.4. The molecule has 6 nitrogen and oxygen atoms in total. The molecule has 0 aliphatic carbocycles. The predicted molar refractivity (Wildman–Crippen MR) is 66.6 cm³/mol. The Kier molecular flexibility index (Phi) is 5.81. The van der Waals surface area contributed by atoms with Crippen molar-refractivity contribution in [2.45, 2.75) is 46.6 Å². The third-order valence-corrected chi connectivity index (χ3v) is 3.01. The fraction of sp³-hybridized carbons (Fsp3) is 0.750. The predicted octanol–water partition coefficient (Wildman–Crippen LogP) is 0.503. The summed E-state index contributed by atoms with van der Waals surface area (Å²) in [4.78, 5) is 33.2. The number of nitrogens with one attached hydrogen (secondary N) is 1. The summed E-state index contributed by atoms with van der Waals surface area (Å²) >= 11 is 0. The SMILES string of the molecule is CC(CC(=O)N[C@H](CC(N)=O)C(=O)O)C(C)(C)C. The van der Waals surface area contributed by atoms with E-state index in [1.54, 1.807) is 0 Å². The van der Waals surface area contributed by atoms with E-state index in [9.17, 15) is 14.4 Å². The van der Waals surface area contributed by atoms with E-state index in [-0.39, 0.29) is 23.7 Å². The van der Waals surface area contributed by atoms with Gasteiger partial charge in [0.2, 0.25) is 11.8 Å². The molecule has 104 valence electrons. The van der Waals surface area contributed by atoms with E-state index in [1.807, 2.05) is 27.7 Å². The molecule has 0 radical (unpaired) electrons. The van der Waals surface area contributed by atoms with E-state index in [1.165, 1.54) is 0 Å². The zero-order valence-corrected chi connectivity index (χ0v) is 11.3. The molecular weight excluding hydrogens is 236 g/mol. The Morgan fingerprint density at radius 2 is 1.72 bits per heavy atom. The molecule has 0 bridgehead atoms. The van der Waals surface area contributed by atoms with Gasteiger partial charge in [0.05, 0.1) is 6.42 Å². The Morgan fingerprint density at radius 3 is 2.06 bits per heavy atom. The number of aliphatic carboxylic acids is 1. The lowest BCUT2D eigenvalue weighted by Crippen LogP contribution is -2.44. The first kappa shape index (κ1) is 16.4. The Labute approximate surface area is 107 Å². The van der Waals surface area contributed by atoms with Crippen molar-refractivity contribution < 1.29 is 19.5 Å². The molecule has 0 aromatic rings. The molecule has 0 aliphatic heterocycles. The lowest BCUT2D eigenvalue weighted by molar-refractivity contribution is -0.143. The Bertz CT molecular complexity index is 333.